The van der Waals surface area contributed by atoms with E-state index in [0.29, 0.717) is 18.2 Å². The maximum absolute atomic E-state index is 13.0. The largest absolute Gasteiger partial charge is 0.338 e. The molecule has 1 aliphatic carbocycles. The van der Waals surface area contributed by atoms with E-state index in [1.807, 2.05) is 6.92 Å². The van der Waals surface area contributed by atoms with Gasteiger partial charge in [-0.05, 0) is 38.2 Å². The van der Waals surface area contributed by atoms with Gasteiger partial charge < -0.3 is 5.32 Å². The second kappa shape index (κ2) is 8.22. The van der Waals surface area contributed by atoms with Gasteiger partial charge >= 0.3 is 6.03 Å². The van der Waals surface area contributed by atoms with E-state index in [9.17, 15) is 14.4 Å². The Morgan fingerprint density at radius 1 is 1.31 bits per heavy atom. The van der Waals surface area contributed by atoms with E-state index in [0.717, 1.165) is 41.5 Å². The Morgan fingerprint density at radius 3 is 2.85 bits per heavy atom. The molecule has 3 amide bonds. The lowest BCUT2D eigenvalue weighted by atomic mass is 10.2. The van der Waals surface area contributed by atoms with Gasteiger partial charge in [-0.25, -0.2) is 9.78 Å². The van der Waals surface area contributed by atoms with Crippen molar-refractivity contribution in [2.24, 2.45) is 0 Å². The van der Waals surface area contributed by atoms with E-state index >= 15 is 0 Å². The molecule has 0 saturated heterocycles. The molecule has 2 N–H and O–H groups in total. The Morgan fingerprint density at radius 2 is 2.12 bits per heavy atom. The summed E-state index contributed by atoms with van der Waals surface area (Å²) in [5.41, 5.74) is 1.15. The Labute approximate surface area is 159 Å². The molecule has 0 saturated carbocycles. The van der Waals surface area contributed by atoms with E-state index in [1.165, 1.54) is 16.6 Å². The second-order valence-electron chi connectivity index (χ2n) is 6.08. The predicted molar refractivity (Wildman–Crippen MR) is 104 cm³/mol. The van der Waals surface area contributed by atoms with Crippen molar-refractivity contribution in [1.82, 2.24) is 20.2 Å². The van der Waals surface area contributed by atoms with Crippen molar-refractivity contribution in [1.29, 1.82) is 0 Å². The summed E-state index contributed by atoms with van der Waals surface area (Å²) in [6.07, 6.45) is 3.86. The van der Waals surface area contributed by atoms with Crippen molar-refractivity contribution in [3.8, 4) is 0 Å². The molecule has 0 aliphatic heterocycles. The van der Waals surface area contributed by atoms with Gasteiger partial charge in [-0.3, -0.25) is 19.5 Å². The van der Waals surface area contributed by atoms with Gasteiger partial charge in [0.15, 0.2) is 5.16 Å². The highest BCUT2D eigenvalue weighted by molar-refractivity contribution is 7.99. The summed E-state index contributed by atoms with van der Waals surface area (Å²) in [5.74, 6) is -0.379. The van der Waals surface area contributed by atoms with Gasteiger partial charge in [0.05, 0.1) is 11.1 Å². The average molecular weight is 395 g/mol. The molecule has 1 aliphatic rings. The number of nitrogens with one attached hydrogen (secondary N) is 2. The normalized spacial score (nSPS) is 13.0. The molecule has 9 heteroatoms. The molecule has 3 rings (SSSR count). The van der Waals surface area contributed by atoms with Crippen molar-refractivity contribution in [3.63, 3.8) is 0 Å². The van der Waals surface area contributed by atoms with E-state index in [-0.39, 0.29) is 11.3 Å². The van der Waals surface area contributed by atoms with Crippen LogP contribution in [0.3, 0.4) is 0 Å². The average Bonchev–Trinajstić information content (AvgIpc) is 3.16. The maximum Gasteiger partial charge on any atom is 0.321 e. The Balaban J connectivity index is 1.85. The number of carbonyl (C=O) groups excluding carboxylic acids is 2. The summed E-state index contributed by atoms with van der Waals surface area (Å²) >= 11 is 2.78. The minimum atomic E-state index is -0.512. The Bertz CT molecular complexity index is 904. The molecule has 26 heavy (non-hydrogen) atoms. The fraction of sp³-hybridized carbons (Fsp3) is 0.529. The third-order valence-electron chi connectivity index (χ3n) is 4.16. The van der Waals surface area contributed by atoms with E-state index in [4.69, 9.17) is 0 Å². The van der Waals surface area contributed by atoms with Gasteiger partial charge in [0.25, 0.3) is 5.56 Å². The molecule has 0 atom stereocenters. The number of thiophene rings is 1. The number of carbonyl (C=O) groups is 2. The third-order valence-corrected chi connectivity index (χ3v) is 6.32. The van der Waals surface area contributed by atoms with Crippen LogP contribution in [0, 0.1) is 0 Å². The lowest BCUT2D eigenvalue weighted by molar-refractivity contribution is -0.117. The summed E-state index contributed by atoms with van der Waals surface area (Å²) < 4.78 is 1.66. The SMILES string of the molecule is CCCn1c(SCC(=O)NC(=O)NCC)nc2sc3c(c2c1=O)CCC3. The van der Waals surface area contributed by atoms with Crippen LogP contribution in [0.5, 0.6) is 0 Å². The fourth-order valence-electron chi connectivity index (χ4n) is 3.09. The number of hydrogen-bond acceptors (Lipinski definition) is 6. The van der Waals surface area contributed by atoms with Gasteiger partial charge in [0.1, 0.15) is 4.83 Å². The van der Waals surface area contributed by atoms with E-state index in [2.05, 4.69) is 15.6 Å². The first-order valence-electron chi connectivity index (χ1n) is 8.80. The smallest absolute Gasteiger partial charge is 0.321 e. The number of urea groups is 1. The molecular weight excluding hydrogens is 372 g/mol. The summed E-state index contributed by atoms with van der Waals surface area (Å²) in [7, 11) is 0. The van der Waals surface area contributed by atoms with Crippen molar-refractivity contribution >= 4 is 45.3 Å². The Kier molecular flexibility index (Phi) is 5.98. The molecule has 2 heterocycles. The number of nitrogens with zero attached hydrogens (tertiary/aromatic N) is 2. The van der Waals surface area contributed by atoms with E-state index < -0.39 is 11.9 Å². The number of thioether (sulfide) groups is 1. The van der Waals surface area contributed by atoms with Gasteiger partial charge in [0.2, 0.25) is 5.91 Å². The van der Waals surface area contributed by atoms with Gasteiger partial charge in [-0.15, -0.1) is 11.3 Å². The molecule has 7 nitrogen and oxygen atoms in total. The monoisotopic (exact) mass is 394 g/mol. The Hall–Kier alpha value is -1.87. The first-order valence-corrected chi connectivity index (χ1v) is 10.6. The minimum absolute atomic E-state index is 0.0112. The topological polar surface area (TPSA) is 93.1 Å². The second-order valence-corrected chi connectivity index (χ2v) is 8.11. The lowest BCUT2D eigenvalue weighted by Crippen LogP contribution is -2.40. The minimum Gasteiger partial charge on any atom is -0.338 e. The maximum atomic E-state index is 13.0. The van der Waals surface area contributed by atoms with Crippen LogP contribution < -0.4 is 16.2 Å². The number of fused-ring (bicyclic) bond motifs is 3. The standard InChI is InChI=1S/C17H22N4O3S2/c1-3-8-21-15(23)13-10-6-5-7-11(10)26-14(13)20-17(21)25-9-12(22)19-16(24)18-4-2/h3-9H2,1-2H3,(H2,18,19,22,24). The van der Waals surface area contributed by atoms with Crippen molar-refractivity contribution < 1.29 is 9.59 Å². The number of hydrogen-bond donors (Lipinski definition) is 2. The number of rotatable bonds is 6. The molecule has 0 fully saturated rings. The third kappa shape index (κ3) is 3.78. The number of aryl methyl sites for hydroxylation is 2. The zero-order valence-corrected chi connectivity index (χ0v) is 16.5. The molecule has 0 unspecified atom stereocenters. The van der Waals surface area contributed by atoms with Crippen LogP contribution >= 0.6 is 23.1 Å². The summed E-state index contributed by atoms with van der Waals surface area (Å²) in [6.45, 7) is 4.79. The molecule has 140 valence electrons. The molecule has 0 bridgehead atoms. The molecule has 2 aromatic rings. The first-order chi connectivity index (χ1) is 12.5. The highest BCUT2D eigenvalue weighted by atomic mass is 32.2. The molecular formula is C17H22N4O3S2. The molecule has 0 aromatic carbocycles. The lowest BCUT2D eigenvalue weighted by Gasteiger charge is -2.11. The van der Waals surface area contributed by atoms with Crippen molar-refractivity contribution in [2.75, 3.05) is 12.3 Å². The number of aromatic nitrogens is 2. The van der Waals surface area contributed by atoms with Gasteiger partial charge in [0, 0.05) is 18.0 Å². The highest BCUT2D eigenvalue weighted by Gasteiger charge is 2.23. The van der Waals surface area contributed by atoms with Crippen LogP contribution in [0.2, 0.25) is 0 Å². The van der Waals surface area contributed by atoms with Crippen LogP contribution in [0.25, 0.3) is 10.2 Å². The zero-order chi connectivity index (χ0) is 18.7. The quantitative estimate of drug-likeness (QED) is 0.579. The van der Waals surface area contributed by atoms with Crippen molar-refractivity contribution in [2.45, 2.75) is 51.2 Å². The number of imide groups is 1. The summed E-state index contributed by atoms with van der Waals surface area (Å²) in [4.78, 5) is 43.1. The molecule has 0 spiro atoms. The van der Waals surface area contributed by atoms with Crippen molar-refractivity contribution in [3.05, 3.63) is 20.8 Å². The van der Waals surface area contributed by atoms with Crippen LogP contribution in [0.15, 0.2) is 9.95 Å². The zero-order valence-electron chi connectivity index (χ0n) is 14.9. The van der Waals surface area contributed by atoms with Crippen LogP contribution in [-0.2, 0) is 24.2 Å². The molecule has 2 aromatic heterocycles. The van der Waals surface area contributed by atoms with Gasteiger partial charge in [-0.1, -0.05) is 18.7 Å². The number of amides is 3. The summed E-state index contributed by atoms with van der Waals surface area (Å²) in [5, 5.41) is 6.07. The van der Waals surface area contributed by atoms with Crippen LogP contribution in [-0.4, -0.2) is 33.8 Å². The van der Waals surface area contributed by atoms with Crippen LogP contribution in [0.1, 0.15) is 37.1 Å². The van der Waals surface area contributed by atoms with Gasteiger partial charge in [-0.2, -0.15) is 0 Å². The predicted octanol–water partition coefficient (Wildman–Crippen LogP) is 2.29. The molecule has 0 radical (unpaired) electrons. The first kappa shape index (κ1) is 18.9. The van der Waals surface area contributed by atoms with E-state index in [1.54, 1.807) is 22.8 Å². The highest BCUT2D eigenvalue weighted by Crippen LogP contribution is 2.35. The van der Waals surface area contributed by atoms with Crippen LogP contribution in [0.4, 0.5) is 4.79 Å². The fourth-order valence-corrected chi connectivity index (χ4v) is 5.21. The summed E-state index contributed by atoms with van der Waals surface area (Å²) in [6, 6.07) is -0.512.